The minimum Gasteiger partial charge on any atom is -0.441 e. The summed E-state index contributed by atoms with van der Waals surface area (Å²) in [6.07, 6.45) is 0.750. The smallest absolute Gasteiger partial charge is 0.238 e. The molecule has 0 radical (unpaired) electrons. The van der Waals surface area contributed by atoms with Gasteiger partial charge in [-0.25, -0.2) is 4.98 Å². The molecule has 0 unspecified atom stereocenters. The highest BCUT2D eigenvalue weighted by Gasteiger charge is 2.07. The highest BCUT2D eigenvalue weighted by atomic mass is 16.5. The van der Waals surface area contributed by atoms with Crippen molar-refractivity contribution >= 4 is 22.7 Å². The summed E-state index contributed by atoms with van der Waals surface area (Å²) < 4.78 is 10.4. The lowest BCUT2D eigenvalue weighted by Crippen LogP contribution is -2.30. The first-order valence-corrected chi connectivity index (χ1v) is 6.62. The molecule has 0 atom stereocenters. The maximum Gasteiger partial charge on any atom is 0.238 e. The number of methoxy groups -OCH3 is 1. The van der Waals surface area contributed by atoms with Crippen LogP contribution in [0, 0.1) is 0 Å². The third kappa shape index (κ3) is 3.79. The molecular weight excluding hydrogens is 258 g/mol. The first kappa shape index (κ1) is 14.5. The number of amides is 1. The molecular formula is C14H19N3O3. The van der Waals surface area contributed by atoms with Gasteiger partial charge in [0.25, 0.3) is 0 Å². The van der Waals surface area contributed by atoms with Crippen molar-refractivity contribution < 1.29 is 13.9 Å². The van der Waals surface area contributed by atoms with Gasteiger partial charge < -0.3 is 19.8 Å². The van der Waals surface area contributed by atoms with E-state index in [0.717, 1.165) is 17.5 Å². The van der Waals surface area contributed by atoms with Crippen LogP contribution in [0.5, 0.6) is 0 Å². The summed E-state index contributed by atoms with van der Waals surface area (Å²) in [7, 11) is 1.62. The molecule has 1 aromatic carbocycles. The lowest BCUT2D eigenvalue weighted by molar-refractivity contribution is -0.115. The molecule has 0 aliphatic heterocycles. The monoisotopic (exact) mass is 277 g/mol. The number of benzene rings is 1. The van der Waals surface area contributed by atoms with Crippen molar-refractivity contribution in [1.82, 2.24) is 10.3 Å². The van der Waals surface area contributed by atoms with Crippen LogP contribution in [0.25, 0.3) is 11.1 Å². The molecule has 0 bridgehead atoms. The van der Waals surface area contributed by atoms with Crippen molar-refractivity contribution in [2.75, 3.05) is 32.1 Å². The number of hydrogen-bond acceptors (Lipinski definition) is 5. The topological polar surface area (TPSA) is 76.4 Å². The molecule has 0 fully saturated rings. The van der Waals surface area contributed by atoms with Crippen LogP contribution in [0.4, 0.5) is 5.69 Å². The van der Waals surface area contributed by atoms with E-state index in [1.807, 2.05) is 19.1 Å². The second kappa shape index (κ2) is 7.02. The Balaban J connectivity index is 1.93. The van der Waals surface area contributed by atoms with Gasteiger partial charge in [-0.15, -0.1) is 0 Å². The molecule has 1 aromatic heterocycles. The summed E-state index contributed by atoms with van der Waals surface area (Å²) >= 11 is 0. The van der Waals surface area contributed by atoms with E-state index < -0.39 is 0 Å². The number of carbonyl (C=O) groups excluding carboxylic acids is 1. The summed E-state index contributed by atoms with van der Waals surface area (Å²) in [6, 6.07) is 5.43. The Bertz CT molecular complexity index is 580. The summed E-state index contributed by atoms with van der Waals surface area (Å²) in [6.45, 7) is 3.46. The van der Waals surface area contributed by atoms with Crippen LogP contribution in [0.2, 0.25) is 0 Å². The van der Waals surface area contributed by atoms with Gasteiger partial charge in [-0.2, -0.15) is 0 Å². The van der Waals surface area contributed by atoms with E-state index >= 15 is 0 Å². The van der Waals surface area contributed by atoms with Crippen LogP contribution in [-0.2, 0) is 16.0 Å². The summed E-state index contributed by atoms with van der Waals surface area (Å²) in [5.74, 6) is 0.601. The number of fused-ring (bicyclic) bond motifs is 1. The average Bonchev–Trinajstić information content (AvgIpc) is 2.86. The SMILES string of the molecule is CCc1nc2cc(NC(=O)CNCCOC)ccc2o1. The van der Waals surface area contributed by atoms with Gasteiger partial charge in [0.05, 0.1) is 13.2 Å². The predicted octanol–water partition coefficient (Wildman–Crippen LogP) is 1.56. The molecule has 0 spiro atoms. The van der Waals surface area contributed by atoms with E-state index in [1.165, 1.54) is 0 Å². The molecule has 0 aliphatic rings. The maximum absolute atomic E-state index is 11.7. The summed E-state index contributed by atoms with van der Waals surface area (Å²) in [5, 5.41) is 5.80. The zero-order chi connectivity index (χ0) is 14.4. The number of oxazole rings is 1. The van der Waals surface area contributed by atoms with Crippen LogP contribution in [0.15, 0.2) is 22.6 Å². The van der Waals surface area contributed by atoms with Crippen LogP contribution in [0.1, 0.15) is 12.8 Å². The Morgan fingerprint density at radius 1 is 1.45 bits per heavy atom. The zero-order valence-corrected chi connectivity index (χ0v) is 11.7. The number of nitrogens with one attached hydrogen (secondary N) is 2. The number of carbonyl (C=O) groups is 1. The Morgan fingerprint density at radius 2 is 2.30 bits per heavy atom. The van der Waals surface area contributed by atoms with Gasteiger partial charge >= 0.3 is 0 Å². The number of rotatable bonds is 7. The zero-order valence-electron chi connectivity index (χ0n) is 11.7. The van der Waals surface area contributed by atoms with Gasteiger partial charge in [-0.1, -0.05) is 6.92 Å². The van der Waals surface area contributed by atoms with Crippen molar-refractivity contribution in [1.29, 1.82) is 0 Å². The number of nitrogens with zero attached hydrogens (tertiary/aromatic N) is 1. The van der Waals surface area contributed by atoms with Gasteiger partial charge in [-0.3, -0.25) is 4.79 Å². The molecule has 2 aromatic rings. The van der Waals surface area contributed by atoms with Gasteiger partial charge in [0.2, 0.25) is 5.91 Å². The molecule has 1 amide bonds. The van der Waals surface area contributed by atoms with E-state index in [2.05, 4.69) is 15.6 Å². The van der Waals surface area contributed by atoms with Crippen molar-refractivity contribution in [2.24, 2.45) is 0 Å². The quantitative estimate of drug-likeness (QED) is 0.751. The molecule has 0 saturated heterocycles. The van der Waals surface area contributed by atoms with Crippen LogP contribution in [-0.4, -0.2) is 37.7 Å². The third-order valence-corrected chi connectivity index (χ3v) is 2.79. The Hall–Kier alpha value is -1.92. The third-order valence-electron chi connectivity index (χ3n) is 2.79. The van der Waals surface area contributed by atoms with E-state index in [0.29, 0.717) is 24.7 Å². The molecule has 20 heavy (non-hydrogen) atoms. The largest absolute Gasteiger partial charge is 0.441 e. The highest BCUT2D eigenvalue weighted by Crippen LogP contribution is 2.20. The second-order valence-electron chi connectivity index (χ2n) is 4.36. The minimum absolute atomic E-state index is 0.0975. The first-order valence-electron chi connectivity index (χ1n) is 6.62. The van der Waals surface area contributed by atoms with Crippen LogP contribution < -0.4 is 10.6 Å². The fourth-order valence-corrected chi connectivity index (χ4v) is 1.79. The Labute approximate surface area is 117 Å². The van der Waals surface area contributed by atoms with Gasteiger partial charge in [0.1, 0.15) is 5.52 Å². The fraction of sp³-hybridized carbons (Fsp3) is 0.429. The number of ether oxygens (including phenoxy) is 1. The molecule has 0 saturated carbocycles. The molecule has 6 heteroatoms. The molecule has 6 nitrogen and oxygen atoms in total. The normalized spacial score (nSPS) is 10.9. The summed E-state index contributed by atoms with van der Waals surface area (Å²) in [4.78, 5) is 16.1. The van der Waals surface area contributed by atoms with E-state index in [4.69, 9.17) is 9.15 Å². The van der Waals surface area contributed by atoms with E-state index in [1.54, 1.807) is 13.2 Å². The number of aryl methyl sites for hydroxylation is 1. The van der Waals surface area contributed by atoms with Crippen molar-refractivity contribution in [3.05, 3.63) is 24.1 Å². The van der Waals surface area contributed by atoms with Gasteiger partial charge in [-0.05, 0) is 18.2 Å². The van der Waals surface area contributed by atoms with Crippen LogP contribution >= 0.6 is 0 Å². The number of aromatic nitrogens is 1. The number of hydrogen-bond donors (Lipinski definition) is 2. The molecule has 108 valence electrons. The lowest BCUT2D eigenvalue weighted by Gasteiger charge is -2.06. The van der Waals surface area contributed by atoms with Gasteiger partial charge in [0, 0.05) is 25.8 Å². The molecule has 2 N–H and O–H groups in total. The maximum atomic E-state index is 11.7. The highest BCUT2D eigenvalue weighted by molar-refractivity contribution is 5.94. The molecule has 0 aliphatic carbocycles. The van der Waals surface area contributed by atoms with Gasteiger partial charge in [0.15, 0.2) is 11.5 Å². The van der Waals surface area contributed by atoms with E-state index in [9.17, 15) is 4.79 Å². The fourth-order valence-electron chi connectivity index (χ4n) is 1.79. The Kier molecular flexibility index (Phi) is 5.09. The van der Waals surface area contributed by atoms with Crippen molar-refractivity contribution in [3.8, 4) is 0 Å². The lowest BCUT2D eigenvalue weighted by atomic mass is 10.3. The average molecular weight is 277 g/mol. The van der Waals surface area contributed by atoms with E-state index in [-0.39, 0.29) is 12.5 Å². The number of anilines is 1. The molecule has 2 rings (SSSR count). The van der Waals surface area contributed by atoms with Crippen LogP contribution in [0.3, 0.4) is 0 Å². The van der Waals surface area contributed by atoms with Crippen molar-refractivity contribution in [3.63, 3.8) is 0 Å². The Morgan fingerprint density at radius 3 is 3.05 bits per heavy atom. The summed E-state index contributed by atoms with van der Waals surface area (Å²) in [5.41, 5.74) is 2.21. The predicted molar refractivity (Wildman–Crippen MR) is 76.8 cm³/mol. The minimum atomic E-state index is -0.0975. The van der Waals surface area contributed by atoms with Crippen molar-refractivity contribution in [2.45, 2.75) is 13.3 Å². The standard InChI is InChI=1S/C14H19N3O3/c1-3-14-17-11-8-10(4-5-12(11)20-14)16-13(18)9-15-6-7-19-2/h4-5,8,15H,3,6-7,9H2,1-2H3,(H,16,18). The first-order chi connectivity index (χ1) is 9.72. The second-order valence-corrected chi connectivity index (χ2v) is 4.36. The molecule has 1 heterocycles.